The van der Waals surface area contributed by atoms with Crippen molar-refractivity contribution >= 4 is 26.5 Å². The molecule has 2 nitrogen and oxygen atoms in total. The molecule has 0 bridgehead atoms. The fourth-order valence-corrected chi connectivity index (χ4v) is 14.5. The number of rotatable bonds is 10. The van der Waals surface area contributed by atoms with Gasteiger partial charge in [0.15, 0.2) is 0 Å². The minimum atomic E-state index is -2.32. The molecule has 4 heteroatoms. The first-order chi connectivity index (χ1) is 11.2. The number of hydrogen-bond acceptors (Lipinski definition) is 2. The third kappa shape index (κ3) is 7.75. The Balaban J connectivity index is 2.81. The Kier molecular flexibility index (Phi) is 9.10. The van der Waals surface area contributed by atoms with Crippen LogP contribution in [-0.4, -0.2) is 33.2 Å². The zero-order chi connectivity index (χ0) is 18.2. The summed E-state index contributed by atoms with van der Waals surface area (Å²) in [6.07, 6.45) is 3.71. The second-order valence-corrected chi connectivity index (χ2v) is 27.8. The average molecular weight is 455 g/mol. The molecule has 0 amide bonds. The van der Waals surface area contributed by atoms with Crippen molar-refractivity contribution in [3.05, 3.63) is 44.9 Å². The zero-order valence-corrected chi connectivity index (χ0v) is 20.6. The molecule has 1 rings (SSSR count). The second-order valence-electron chi connectivity index (χ2n) is 8.51. The fraction of sp³-hybridized carbons (Fsp3) is 0.600. The summed E-state index contributed by atoms with van der Waals surface area (Å²) in [6.45, 7) is 10.6. The summed E-state index contributed by atoms with van der Waals surface area (Å²) in [7, 11) is -1.37. The van der Waals surface area contributed by atoms with Crippen LogP contribution < -0.4 is 0 Å². The number of hydrogen-bond donors (Lipinski definition) is 0. The van der Waals surface area contributed by atoms with Gasteiger partial charge in [0.2, 0.25) is 0 Å². The van der Waals surface area contributed by atoms with Gasteiger partial charge in [-0.1, -0.05) is 0 Å². The maximum absolute atomic E-state index is 6.30. The van der Waals surface area contributed by atoms with Crippen LogP contribution in [0.15, 0.2) is 39.3 Å². The summed E-state index contributed by atoms with van der Waals surface area (Å²) in [5.41, 5.74) is 1.20. The Labute approximate surface area is 154 Å². The van der Waals surface area contributed by atoms with Gasteiger partial charge in [-0.2, -0.15) is 0 Å². The number of ether oxygens (including phenoxy) is 2. The quantitative estimate of drug-likeness (QED) is 0.177. The molecule has 0 radical (unpaired) electrons. The molecule has 0 aliphatic heterocycles. The molecular weight excluding hydrogens is 419 g/mol. The molecule has 0 aliphatic carbocycles. The third-order valence-electron chi connectivity index (χ3n) is 4.04. The summed E-state index contributed by atoms with van der Waals surface area (Å²) in [5.74, 6) is 0. The first-order valence-electron chi connectivity index (χ1n) is 9.15. The molecule has 1 aromatic carbocycles. The van der Waals surface area contributed by atoms with Gasteiger partial charge in [0.25, 0.3) is 0 Å². The van der Waals surface area contributed by atoms with Crippen LogP contribution in [0.5, 0.6) is 0 Å². The topological polar surface area (TPSA) is 18.5 Å². The van der Waals surface area contributed by atoms with E-state index in [-0.39, 0.29) is 0 Å². The van der Waals surface area contributed by atoms with Gasteiger partial charge >= 0.3 is 155 Å². The van der Waals surface area contributed by atoms with Crippen LogP contribution in [0.4, 0.5) is 0 Å². The standard InChI is InChI=1S/C17H27O2Si.3CH3.Sn/c1-5-6-12-17(20(2,3)4)14-19-15-18-13-16-10-8-7-9-11-16;;;;/h7-11H,5-6,12-13,15H2,1-4H3;3*1H3;. The van der Waals surface area contributed by atoms with Crippen LogP contribution in [0.1, 0.15) is 31.7 Å². The van der Waals surface area contributed by atoms with Gasteiger partial charge in [0.1, 0.15) is 0 Å². The SMILES string of the molecule is CCCC/C(=[C](\OCOCc1ccccc1)[Sn]([CH3])([CH3])[CH3])[Si](C)(C)C. The summed E-state index contributed by atoms with van der Waals surface area (Å²) in [5, 5.41) is 1.65. The average Bonchev–Trinajstić information content (AvgIpc) is 2.48. The monoisotopic (exact) mass is 456 g/mol. The number of benzene rings is 1. The molecule has 136 valence electrons. The van der Waals surface area contributed by atoms with Crippen molar-refractivity contribution in [3.63, 3.8) is 0 Å². The van der Waals surface area contributed by atoms with Crippen molar-refractivity contribution < 1.29 is 9.47 Å². The second kappa shape index (κ2) is 10.0. The van der Waals surface area contributed by atoms with Gasteiger partial charge in [-0.15, -0.1) is 0 Å². The van der Waals surface area contributed by atoms with Crippen molar-refractivity contribution in [2.45, 2.75) is 67.3 Å². The van der Waals surface area contributed by atoms with Crippen molar-refractivity contribution in [3.8, 4) is 0 Å². The molecule has 0 heterocycles. The first-order valence-corrected chi connectivity index (χ1v) is 22.6. The predicted octanol–water partition coefficient (Wildman–Crippen LogP) is 6.38. The normalized spacial score (nSPS) is 13.6. The summed E-state index contributed by atoms with van der Waals surface area (Å²) in [6, 6.07) is 10.3. The maximum atomic E-state index is 6.30. The fourth-order valence-electron chi connectivity index (χ4n) is 2.77. The van der Waals surface area contributed by atoms with Crippen LogP contribution >= 0.6 is 0 Å². The van der Waals surface area contributed by atoms with Gasteiger partial charge < -0.3 is 0 Å². The van der Waals surface area contributed by atoms with E-state index < -0.39 is 26.5 Å². The molecule has 0 saturated heterocycles. The summed E-state index contributed by atoms with van der Waals surface area (Å²) >= 11 is -2.32. The van der Waals surface area contributed by atoms with Gasteiger partial charge in [-0.3, -0.25) is 0 Å². The van der Waals surface area contributed by atoms with E-state index in [1.807, 2.05) is 18.2 Å². The molecule has 0 aromatic heterocycles. The zero-order valence-electron chi connectivity index (χ0n) is 16.7. The van der Waals surface area contributed by atoms with Gasteiger partial charge in [0.05, 0.1) is 0 Å². The Morgan fingerprint density at radius 2 is 1.67 bits per heavy atom. The van der Waals surface area contributed by atoms with Crippen molar-refractivity contribution in [2.24, 2.45) is 0 Å². The van der Waals surface area contributed by atoms with Crippen molar-refractivity contribution in [2.75, 3.05) is 6.79 Å². The van der Waals surface area contributed by atoms with Crippen LogP contribution in [0.3, 0.4) is 0 Å². The Bertz CT molecular complexity index is 513. The Morgan fingerprint density at radius 1 is 1.04 bits per heavy atom. The molecule has 0 atom stereocenters. The molecular formula is C20H36O2SiSn. The van der Waals surface area contributed by atoms with Crippen molar-refractivity contribution in [1.29, 1.82) is 0 Å². The Morgan fingerprint density at radius 3 is 2.17 bits per heavy atom. The number of allylic oxidation sites excluding steroid dienone is 1. The molecule has 1 aromatic rings. The van der Waals surface area contributed by atoms with E-state index in [9.17, 15) is 0 Å². The molecule has 0 unspecified atom stereocenters. The van der Waals surface area contributed by atoms with Crippen LogP contribution in [0.2, 0.25) is 34.5 Å². The predicted molar refractivity (Wildman–Crippen MR) is 110 cm³/mol. The van der Waals surface area contributed by atoms with Crippen molar-refractivity contribution in [1.82, 2.24) is 0 Å². The number of unbranched alkanes of at least 4 members (excludes halogenated alkanes) is 1. The van der Waals surface area contributed by atoms with Crippen LogP contribution in [0, 0.1) is 0 Å². The van der Waals surface area contributed by atoms with Gasteiger partial charge in [0, 0.05) is 0 Å². The van der Waals surface area contributed by atoms with E-state index in [1.54, 1.807) is 5.20 Å². The first kappa shape index (κ1) is 21.8. The molecule has 0 saturated carbocycles. The molecule has 0 aliphatic rings. The molecule has 0 spiro atoms. The van der Waals surface area contributed by atoms with E-state index >= 15 is 0 Å². The van der Waals surface area contributed by atoms with Gasteiger partial charge in [-0.05, 0) is 0 Å². The van der Waals surface area contributed by atoms with E-state index in [1.165, 1.54) is 28.6 Å². The minimum absolute atomic E-state index is 0.374. The van der Waals surface area contributed by atoms with Crippen LogP contribution in [0.25, 0.3) is 0 Å². The van der Waals surface area contributed by atoms with E-state index in [0.29, 0.717) is 13.4 Å². The molecule has 0 fully saturated rings. The van der Waals surface area contributed by atoms with E-state index in [4.69, 9.17) is 9.47 Å². The molecule has 0 N–H and O–H groups in total. The summed E-state index contributed by atoms with van der Waals surface area (Å²) in [4.78, 5) is 7.36. The van der Waals surface area contributed by atoms with E-state index in [2.05, 4.69) is 53.5 Å². The molecule has 24 heavy (non-hydrogen) atoms. The van der Waals surface area contributed by atoms with E-state index in [0.717, 1.165) is 0 Å². The third-order valence-corrected chi connectivity index (χ3v) is 12.2. The summed E-state index contributed by atoms with van der Waals surface area (Å²) < 4.78 is 13.5. The Hall–Kier alpha value is -0.264. The van der Waals surface area contributed by atoms with Crippen LogP contribution in [-0.2, 0) is 16.1 Å². The van der Waals surface area contributed by atoms with Gasteiger partial charge in [-0.25, -0.2) is 0 Å².